The molecular weight excluding hydrogens is 342 g/mol. The summed E-state index contributed by atoms with van der Waals surface area (Å²) in [5, 5.41) is 2.88. The average molecular weight is 361 g/mol. The first kappa shape index (κ1) is 16.3. The Kier molecular flexibility index (Phi) is 7.06. The monoisotopic (exact) mass is 359 g/mol. The molecule has 0 bridgehead atoms. The third-order valence-corrected chi connectivity index (χ3v) is 3.12. The summed E-state index contributed by atoms with van der Waals surface area (Å²) in [6.45, 7) is 9.04. The standard InChI is InChI=1S/C15H19.2ClH.Zr/c1-10(2)12-8-9-13(11(3)4)15-7-5-6-14(12)15;;;/h5-11H,1-4H3;2*1H;/q-1;;;+2/p-2. The fourth-order valence-electron chi connectivity index (χ4n) is 2.29. The minimum atomic E-state index is -0.826. The number of hydrogen-bond donors (Lipinski definition) is 0. The first-order valence-electron chi connectivity index (χ1n) is 6.17. The van der Waals surface area contributed by atoms with Gasteiger partial charge in [-0.1, -0.05) is 45.2 Å². The Balaban J connectivity index is 0.000000492. The Morgan fingerprint density at radius 2 is 1.44 bits per heavy atom. The molecule has 0 aromatic heterocycles. The normalized spacial score (nSPS) is 10.7. The van der Waals surface area contributed by atoms with E-state index in [-0.39, 0.29) is 0 Å². The molecule has 0 aliphatic carbocycles. The molecule has 2 aromatic rings. The molecule has 0 atom stereocenters. The van der Waals surface area contributed by atoms with Gasteiger partial charge >= 0.3 is 37.9 Å². The molecule has 0 fully saturated rings. The predicted molar refractivity (Wildman–Crippen MR) is 79.4 cm³/mol. The quantitative estimate of drug-likeness (QED) is 0.560. The molecule has 0 nitrogen and oxygen atoms in total. The minimum absolute atomic E-state index is 0.608. The molecule has 0 aliphatic rings. The van der Waals surface area contributed by atoms with Crippen LogP contribution in [0.4, 0.5) is 0 Å². The van der Waals surface area contributed by atoms with Gasteiger partial charge in [0.05, 0.1) is 0 Å². The van der Waals surface area contributed by atoms with Crippen molar-refractivity contribution in [1.29, 1.82) is 0 Å². The van der Waals surface area contributed by atoms with Crippen molar-refractivity contribution in [1.82, 2.24) is 0 Å². The number of fused-ring (bicyclic) bond motifs is 1. The van der Waals surface area contributed by atoms with E-state index in [0.717, 1.165) is 0 Å². The number of hydrogen-bond acceptors (Lipinski definition) is 0. The van der Waals surface area contributed by atoms with Crippen LogP contribution >= 0.6 is 17.0 Å². The van der Waals surface area contributed by atoms with Gasteiger partial charge in [-0.2, -0.15) is 12.1 Å². The Morgan fingerprint density at radius 3 is 1.94 bits per heavy atom. The molecule has 98 valence electrons. The van der Waals surface area contributed by atoms with Gasteiger partial charge in [0.25, 0.3) is 0 Å². The molecule has 0 radical (unpaired) electrons. The Morgan fingerprint density at radius 1 is 0.944 bits per heavy atom. The predicted octanol–water partition coefficient (Wildman–Crippen LogP) is 6.18. The molecule has 18 heavy (non-hydrogen) atoms. The summed E-state index contributed by atoms with van der Waals surface area (Å²) in [7, 11) is 9.87. The van der Waals surface area contributed by atoms with E-state index in [9.17, 15) is 0 Å². The Hall–Kier alpha value is 0.293. The third-order valence-electron chi connectivity index (χ3n) is 3.12. The summed E-state index contributed by atoms with van der Waals surface area (Å²) in [4.78, 5) is 0. The van der Waals surface area contributed by atoms with Crippen LogP contribution in [-0.2, 0) is 20.8 Å². The van der Waals surface area contributed by atoms with Crippen LogP contribution in [0.3, 0.4) is 0 Å². The van der Waals surface area contributed by atoms with Crippen LogP contribution in [0.1, 0.15) is 50.7 Å². The van der Waals surface area contributed by atoms with Gasteiger partial charge < -0.3 is 0 Å². The molecule has 0 saturated heterocycles. The second kappa shape index (κ2) is 7.78. The van der Waals surface area contributed by atoms with Gasteiger partial charge in [0.2, 0.25) is 0 Å². The van der Waals surface area contributed by atoms with Gasteiger partial charge in [0, 0.05) is 0 Å². The summed E-state index contributed by atoms with van der Waals surface area (Å²) >= 11 is -0.826. The second-order valence-corrected chi connectivity index (χ2v) is 8.71. The molecule has 0 amide bonds. The first-order valence-corrected chi connectivity index (χ1v) is 12.5. The number of halogens is 2. The van der Waals surface area contributed by atoms with Crippen molar-refractivity contribution in [2.45, 2.75) is 39.5 Å². The fourth-order valence-corrected chi connectivity index (χ4v) is 2.29. The number of benzene rings is 1. The molecule has 0 saturated carbocycles. The van der Waals surface area contributed by atoms with Crippen LogP contribution < -0.4 is 0 Å². The molecule has 2 rings (SSSR count). The van der Waals surface area contributed by atoms with E-state index in [1.165, 1.54) is 21.9 Å². The Bertz CT molecular complexity index is 444. The molecule has 0 N–H and O–H groups in total. The van der Waals surface area contributed by atoms with Crippen LogP contribution in [0, 0.1) is 0 Å². The topological polar surface area (TPSA) is 0 Å². The van der Waals surface area contributed by atoms with Gasteiger partial charge in [-0.15, -0.1) is 28.5 Å². The maximum absolute atomic E-state index is 4.93. The zero-order chi connectivity index (χ0) is 13.7. The summed E-state index contributed by atoms with van der Waals surface area (Å²) in [5.41, 5.74) is 2.94. The van der Waals surface area contributed by atoms with E-state index < -0.39 is 20.8 Å². The van der Waals surface area contributed by atoms with Crippen molar-refractivity contribution in [3.63, 3.8) is 0 Å². The van der Waals surface area contributed by atoms with Gasteiger partial charge in [-0.05, 0) is 5.92 Å². The second-order valence-electron chi connectivity index (χ2n) is 4.98. The summed E-state index contributed by atoms with van der Waals surface area (Å²) < 4.78 is 0. The van der Waals surface area contributed by atoms with E-state index in [0.29, 0.717) is 11.8 Å². The van der Waals surface area contributed by atoms with E-state index in [2.05, 4.69) is 58.0 Å². The van der Waals surface area contributed by atoms with Crippen LogP contribution in [0.25, 0.3) is 10.8 Å². The summed E-state index contributed by atoms with van der Waals surface area (Å²) in [6, 6.07) is 11.3. The van der Waals surface area contributed by atoms with Gasteiger partial charge in [-0.3, -0.25) is 0 Å². The third kappa shape index (κ3) is 3.89. The summed E-state index contributed by atoms with van der Waals surface area (Å²) in [5.74, 6) is 1.22. The molecule has 0 heterocycles. The van der Waals surface area contributed by atoms with Crippen LogP contribution in [0.2, 0.25) is 0 Å². The SMILES string of the molecule is CC(C)c1ccc(C(C)C)c2[cH-]ccc12.[Cl][Zr][Cl]. The Labute approximate surface area is 129 Å². The van der Waals surface area contributed by atoms with Gasteiger partial charge in [-0.25, -0.2) is 0 Å². The van der Waals surface area contributed by atoms with Gasteiger partial charge in [0.15, 0.2) is 0 Å². The van der Waals surface area contributed by atoms with E-state index in [1.54, 1.807) is 0 Å². The van der Waals surface area contributed by atoms with Crippen LogP contribution in [-0.4, -0.2) is 0 Å². The molecule has 0 spiro atoms. The van der Waals surface area contributed by atoms with Crippen LogP contribution in [0.15, 0.2) is 30.3 Å². The van der Waals surface area contributed by atoms with E-state index >= 15 is 0 Å². The van der Waals surface area contributed by atoms with Crippen molar-refractivity contribution < 1.29 is 20.8 Å². The average Bonchev–Trinajstić information content (AvgIpc) is 2.76. The van der Waals surface area contributed by atoms with E-state index in [1.807, 2.05) is 0 Å². The van der Waals surface area contributed by atoms with Crippen molar-refractivity contribution in [2.24, 2.45) is 0 Å². The first-order chi connectivity index (χ1) is 8.52. The molecule has 0 aliphatic heterocycles. The zero-order valence-corrected chi connectivity index (χ0v) is 15.3. The number of rotatable bonds is 2. The molecule has 2 aromatic carbocycles. The van der Waals surface area contributed by atoms with Crippen LogP contribution in [0.5, 0.6) is 0 Å². The van der Waals surface area contributed by atoms with Crippen molar-refractivity contribution >= 4 is 27.8 Å². The van der Waals surface area contributed by atoms with Crippen molar-refractivity contribution in [3.05, 3.63) is 41.5 Å². The van der Waals surface area contributed by atoms with Gasteiger partial charge in [0.1, 0.15) is 0 Å². The van der Waals surface area contributed by atoms with Crippen molar-refractivity contribution in [2.75, 3.05) is 0 Å². The molecule has 3 heteroatoms. The molecular formula is C15H19Cl2Zr-. The molecule has 0 unspecified atom stereocenters. The summed E-state index contributed by atoms with van der Waals surface area (Å²) in [6.07, 6.45) is 0. The zero-order valence-electron chi connectivity index (χ0n) is 11.3. The van der Waals surface area contributed by atoms with Crippen molar-refractivity contribution in [3.8, 4) is 0 Å². The van der Waals surface area contributed by atoms with E-state index in [4.69, 9.17) is 17.0 Å². The maximum atomic E-state index is 4.93. The fraction of sp³-hybridized carbons (Fsp3) is 0.400.